The average Bonchev–Trinajstić information content (AvgIpc) is 2.99. The van der Waals surface area contributed by atoms with Crippen LogP contribution in [0.25, 0.3) is 16.7 Å². The van der Waals surface area contributed by atoms with Gasteiger partial charge in [0.25, 0.3) is 11.5 Å². The van der Waals surface area contributed by atoms with E-state index in [4.69, 9.17) is 4.74 Å². The van der Waals surface area contributed by atoms with E-state index in [0.717, 1.165) is 0 Å². The first-order chi connectivity index (χ1) is 12.6. The fourth-order valence-electron chi connectivity index (χ4n) is 2.93. The molecule has 4 rings (SSSR count). The number of ether oxygens (including phenoxy) is 1. The number of carbonyl (C=O) groups excluding carboxylic acids is 1. The lowest BCUT2D eigenvalue weighted by molar-refractivity contribution is 0.101. The van der Waals surface area contributed by atoms with Crippen LogP contribution in [0.1, 0.15) is 10.5 Å². The summed E-state index contributed by atoms with van der Waals surface area (Å²) in [5, 5.41) is 3.21. The fourth-order valence-corrected chi connectivity index (χ4v) is 2.93. The summed E-state index contributed by atoms with van der Waals surface area (Å²) < 4.78 is 8.25. The average molecular weight is 348 g/mol. The van der Waals surface area contributed by atoms with E-state index in [9.17, 15) is 9.59 Å². The Hall–Kier alpha value is -3.61. The molecule has 1 amide bonds. The maximum Gasteiger partial charge on any atom is 0.272 e. The number of hydrogen-bond acceptors (Lipinski definition) is 4. The van der Waals surface area contributed by atoms with Crippen LogP contribution in [-0.2, 0) is 7.05 Å². The van der Waals surface area contributed by atoms with Gasteiger partial charge in [-0.2, -0.15) is 0 Å². The molecule has 4 aromatic rings. The Morgan fingerprint density at radius 1 is 1.15 bits per heavy atom. The molecule has 0 aliphatic heterocycles. The fraction of sp³-hybridized carbons (Fsp3) is 0.105. The monoisotopic (exact) mass is 348 g/mol. The van der Waals surface area contributed by atoms with Crippen LogP contribution < -0.4 is 15.6 Å². The Bertz CT molecular complexity index is 1210. The van der Waals surface area contributed by atoms with Gasteiger partial charge in [-0.05, 0) is 30.3 Å². The van der Waals surface area contributed by atoms with E-state index in [1.807, 2.05) is 6.07 Å². The molecular weight excluding hydrogens is 332 g/mol. The van der Waals surface area contributed by atoms with Gasteiger partial charge >= 0.3 is 0 Å². The Kier molecular flexibility index (Phi) is 3.69. The molecule has 3 aromatic heterocycles. The lowest BCUT2D eigenvalue weighted by Gasteiger charge is -2.08. The van der Waals surface area contributed by atoms with E-state index in [1.165, 1.54) is 4.40 Å². The summed E-state index contributed by atoms with van der Waals surface area (Å²) in [6.07, 6.45) is 1.66. The quantitative estimate of drug-likeness (QED) is 0.617. The van der Waals surface area contributed by atoms with Crippen molar-refractivity contribution in [1.82, 2.24) is 14.0 Å². The van der Waals surface area contributed by atoms with Gasteiger partial charge in [0.05, 0.1) is 12.5 Å². The molecule has 1 aromatic carbocycles. The van der Waals surface area contributed by atoms with E-state index in [0.29, 0.717) is 33.8 Å². The van der Waals surface area contributed by atoms with Crippen molar-refractivity contribution in [3.05, 3.63) is 70.8 Å². The lowest BCUT2D eigenvalue weighted by atomic mass is 10.3. The number of carbonyl (C=O) groups is 1. The normalized spacial score (nSPS) is 11.0. The van der Waals surface area contributed by atoms with Crippen LogP contribution in [0.3, 0.4) is 0 Å². The molecule has 1 N–H and O–H groups in total. The summed E-state index contributed by atoms with van der Waals surface area (Å²) >= 11 is 0. The van der Waals surface area contributed by atoms with Crippen molar-refractivity contribution in [3.63, 3.8) is 0 Å². The zero-order valence-electron chi connectivity index (χ0n) is 14.3. The number of aromatic nitrogens is 3. The molecule has 0 aliphatic carbocycles. The predicted molar refractivity (Wildman–Crippen MR) is 98.9 cm³/mol. The van der Waals surface area contributed by atoms with E-state index in [1.54, 1.807) is 67.4 Å². The Labute approximate surface area is 148 Å². The maximum absolute atomic E-state index is 12.7. The van der Waals surface area contributed by atoms with Gasteiger partial charge < -0.3 is 14.6 Å². The highest BCUT2D eigenvalue weighted by Crippen LogP contribution is 2.19. The maximum atomic E-state index is 12.7. The number of amides is 1. The molecule has 0 saturated heterocycles. The van der Waals surface area contributed by atoms with Crippen LogP contribution in [0.5, 0.6) is 5.75 Å². The smallest absolute Gasteiger partial charge is 0.272 e. The summed E-state index contributed by atoms with van der Waals surface area (Å²) in [6, 6.07) is 14.0. The van der Waals surface area contributed by atoms with Gasteiger partial charge in [-0.15, -0.1) is 0 Å². The number of rotatable bonds is 3. The third-order valence-electron chi connectivity index (χ3n) is 4.27. The summed E-state index contributed by atoms with van der Waals surface area (Å²) in [7, 11) is 3.28. The van der Waals surface area contributed by atoms with E-state index < -0.39 is 0 Å². The predicted octanol–water partition coefficient (Wildman–Crippen LogP) is 2.45. The van der Waals surface area contributed by atoms with Gasteiger partial charge in [0.1, 0.15) is 22.7 Å². The van der Waals surface area contributed by atoms with Crippen LogP contribution in [0.4, 0.5) is 5.69 Å². The molecule has 3 heterocycles. The molecule has 7 heteroatoms. The molecule has 26 heavy (non-hydrogen) atoms. The number of pyridine rings is 1. The first-order valence-corrected chi connectivity index (χ1v) is 8.01. The summed E-state index contributed by atoms with van der Waals surface area (Å²) in [4.78, 5) is 29.9. The standard InChI is InChI=1S/C19H16N4O3/c1-22-15(18(24)20-12-6-5-7-13(10-12)26-2)11-14-17(22)21-16-8-3-4-9-23(16)19(14)25/h3-11H,1-2H3,(H,20,24). The zero-order valence-corrected chi connectivity index (χ0v) is 14.3. The van der Waals surface area contributed by atoms with Crippen LogP contribution in [-0.4, -0.2) is 27.0 Å². The highest BCUT2D eigenvalue weighted by Gasteiger charge is 2.17. The minimum atomic E-state index is -0.327. The van der Waals surface area contributed by atoms with Crippen molar-refractivity contribution in [2.45, 2.75) is 0 Å². The lowest BCUT2D eigenvalue weighted by Crippen LogP contribution is -2.16. The molecule has 0 radical (unpaired) electrons. The largest absolute Gasteiger partial charge is 0.497 e. The molecule has 0 bridgehead atoms. The summed E-state index contributed by atoms with van der Waals surface area (Å²) in [5.41, 5.74) is 1.75. The first kappa shape index (κ1) is 15.9. The second-order valence-electron chi connectivity index (χ2n) is 5.86. The molecule has 0 fully saturated rings. The van der Waals surface area contributed by atoms with E-state index in [-0.39, 0.29) is 11.5 Å². The topological polar surface area (TPSA) is 77.6 Å². The van der Waals surface area contributed by atoms with Crippen LogP contribution >= 0.6 is 0 Å². The Morgan fingerprint density at radius 3 is 2.81 bits per heavy atom. The number of methoxy groups -OCH3 is 1. The Balaban J connectivity index is 1.80. The highest BCUT2D eigenvalue weighted by atomic mass is 16.5. The van der Waals surface area contributed by atoms with Crippen molar-refractivity contribution in [2.75, 3.05) is 12.4 Å². The summed E-state index contributed by atoms with van der Waals surface area (Å²) in [6.45, 7) is 0. The van der Waals surface area contributed by atoms with E-state index >= 15 is 0 Å². The van der Waals surface area contributed by atoms with Crippen molar-refractivity contribution in [2.24, 2.45) is 7.05 Å². The van der Waals surface area contributed by atoms with E-state index in [2.05, 4.69) is 10.3 Å². The molecule has 7 nitrogen and oxygen atoms in total. The number of fused-ring (bicyclic) bond motifs is 2. The molecule has 0 atom stereocenters. The van der Waals surface area contributed by atoms with Gasteiger partial charge in [0.2, 0.25) is 0 Å². The van der Waals surface area contributed by atoms with Crippen molar-refractivity contribution in [3.8, 4) is 5.75 Å². The van der Waals surface area contributed by atoms with Crippen LogP contribution in [0, 0.1) is 0 Å². The Morgan fingerprint density at radius 2 is 2.00 bits per heavy atom. The minimum Gasteiger partial charge on any atom is -0.497 e. The second-order valence-corrected chi connectivity index (χ2v) is 5.86. The molecule has 130 valence electrons. The molecule has 0 unspecified atom stereocenters. The molecule has 0 spiro atoms. The second kappa shape index (κ2) is 6.03. The van der Waals surface area contributed by atoms with Gasteiger partial charge in [-0.1, -0.05) is 12.1 Å². The number of aryl methyl sites for hydroxylation is 1. The number of anilines is 1. The van der Waals surface area contributed by atoms with Crippen molar-refractivity contribution in [1.29, 1.82) is 0 Å². The molecule has 0 saturated carbocycles. The first-order valence-electron chi connectivity index (χ1n) is 8.01. The zero-order chi connectivity index (χ0) is 18.3. The van der Waals surface area contributed by atoms with Gasteiger partial charge in [0.15, 0.2) is 0 Å². The SMILES string of the molecule is COc1cccc(NC(=O)c2cc3c(=O)n4ccccc4nc3n2C)c1. The van der Waals surface area contributed by atoms with Crippen LogP contribution in [0.2, 0.25) is 0 Å². The number of nitrogens with one attached hydrogen (secondary N) is 1. The van der Waals surface area contributed by atoms with Gasteiger partial charge in [0, 0.05) is 25.0 Å². The van der Waals surface area contributed by atoms with Gasteiger partial charge in [-0.25, -0.2) is 4.98 Å². The number of benzene rings is 1. The third kappa shape index (κ3) is 2.50. The minimum absolute atomic E-state index is 0.207. The van der Waals surface area contributed by atoms with Crippen molar-refractivity contribution < 1.29 is 9.53 Å². The third-order valence-corrected chi connectivity index (χ3v) is 4.27. The van der Waals surface area contributed by atoms with Crippen molar-refractivity contribution >= 4 is 28.3 Å². The highest BCUT2D eigenvalue weighted by molar-refractivity contribution is 6.06. The molecular formula is C19H16N4O3. The number of nitrogens with zero attached hydrogens (tertiary/aromatic N) is 3. The molecule has 0 aliphatic rings. The summed E-state index contributed by atoms with van der Waals surface area (Å²) in [5.74, 6) is 0.318. The number of hydrogen-bond donors (Lipinski definition) is 1. The van der Waals surface area contributed by atoms with Crippen LogP contribution in [0.15, 0.2) is 59.5 Å². The van der Waals surface area contributed by atoms with Gasteiger partial charge in [-0.3, -0.25) is 14.0 Å².